The van der Waals surface area contributed by atoms with E-state index >= 15 is 0 Å². The molecule has 0 aliphatic heterocycles. The first-order valence-corrected chi connectivity index (χ1v) is 11.3. The smallest absolute Gasteiger partial charge is 0.234 e. The molecular weight excluding hydrogens is 435 g/mol. The van der Waals surface area contributed by atoms with Crippen LogP contribution < -0.4 is 5.32 Å². The summed E-state index contributed by atoms with van der Waals surface area (Å²) < 4.78 is 2.07. The summed E-state index contributed by atoms with van der Waals surface area (Å²) >= 11 is 15.1. The topological polar surface area (TPSA) is 59.8 Å². The molecule has 2 heterocycles. The quantitative estimate of drug-likeness (QED) is 0.447. The molecule has 9 heteroatoms. The fourth-order valence-electron chi connectivity index (χ4n) is 2.67. The molecule has 0 aliphatic rings. The van der Waals surface area contributed by atoms with Crippen molar-refractivity contribution < 1.29 is 4.79 Å². The van der Waals surface area contributed by atoms with E-state index in [0.717, 1.165) is 11.4 Å². The predicted octanol–water partition coefficient (Wildman–Crippen LogP) is 6.24. The van der Waals surface area contributed by atoms with Crippen molar-refractivity contribution in [1.82, 2.24) is 14.8 Å². The summed E-state index contributed by atoms with van der Waals surface area (Å²) in [6, 6.07) is 5.13. The van der Waals surface area contributed by atoms with E-state index in [1.807, 2.05) is 0 Å². The Morgan fingerprint density at radius 2 is 2.04 bits per heavy atom. The van der Waals surface area contributed by atoms with Crippen molar-refractivity contribution in [2.75, 3.05) is 11.1 Å². The van der Waals surface area contributed by atoms with Crippen LogP contribution >= 0.6 is 46.3 Å². The number of amides is 1. The molecule has 0 unspecified atom stereocenters. The summed E-state index contributed by atoms with van der Waals surface area (Å²) in [6.45, 7) is 8.36. The number of thioether (sulfide) groups is 1. The fraction of sp³-hybridized carbons (Fsp3) is 0.316. The van der Waals surface area contributed by atoms with Gasteiger partial charge in [0.25, 0.3) is 0 Å². The number of halogens is 2. The van der Waals surface area contributed by atoms with Crippen molar-refractivity contribution in [2.45, 2.75) is 38.9 Å². The average Bonchev–Trinajstić information content (AvgIpc) is 3.19. The Bertz CT molecular complexity index is 1010. The van der Waals surface area contributed by atoms with Crippen molar-refractivity contribution in [1.29, 1.82) is 0 Å². The number of hydrogen-bond acceptors (Lipinski definition) is 5. The van der Waals surface area contributed by atoms with Gasteiger partial charge in [-0.3, -0.25) is 9.36 Å². The Hall–Kier alpha value is -1.54. The Morgan fingerprint density at radius 1 is 1.29 bits per heavy atom. The van der Waals surface area contributed by atoms with E-state index in [-0.39, 0.29) is 17.7 Å². The molecule has 0 saturated heterocycles. The van der Waals surface area contributed by atoms with Crippen molar-refractivity contribution in [3.63, 3.8) is 0 Å². The first-order valence-electron chi connectivity index (χ1n) is 8.65. The highest BCUT2D eigenvalue weighted by atomic mass is 35.5. The third-order valence-electron chi connectivity index (χ3n) is 4.25. The monoisotopic (exact) mass is 454 g/mol. The first-order chi connectivity index (χ1) is 13.3. The van der Waals surface area contributed by atoms with Gasteiger partial charge in [-0.05, 0) is 51.5 Å². The van der Waals surface area contributed by atoms with E-state index < -0.39 is 0 Å². The van der Waals surface area contributed by atoms with Crippen LogP contribution in [-0.2, 0) is 4.79 Å². The summed E-state index contributed by atoms with van der Waals surface area (Å²) in [7, 11) is 0. The summed E-state index contributed by atoms with van der Waals surface area (Å²) in [4.78, 5) is 13.6. The molecular formula is C19H20Cl2N4OS2. The van der Waals surface area contributed by atoms with Crippen LogP contribution in [0.4, 0.5) is 5.69 Å². The second-order valence-electron chi connectivity index (χ2n) is 6.56. The first kappa shape index (κ1) is 21.2. The molecule has 0 bridgehead atoms. The van der Waals surface area contributed by atoms with Crippen LogP contribution in [0.5, 0.6) is 0 Å². The lowest BCUT2D eigenvalue weighted by atomic mass is 10.1. The second kappa shape index (κ2) is 8.86. The van der Waals surface area contributed by atoms with E-state index in [1.54, 1.807) is 29.5 Å². The van der Waals surface area contributed by atoms with Gasteiger partial charge < -0.3 is 5.32 Å². The predicted molar refractivity (Wildman–Crippen MR) is 119 cm³/mol. The lowest BCUT2D eigenvalue weighted by Gasteiger charge is -2.14. The number of nitrogens with zero attached hydrogens (tertiary/aromatic N) is 3. The molecule has 0 fully saturated rings. The van der Waals surface area contributed by atoms with Gasteiger partial charge in [0, 0.05) is 26.9 Å². The number of thiophene rings is 1. The molecule has 0 radical (unpaired) electrons. The minimum Gasteiger partial charge on any atom is -0.324 e. The third-order valence-corrected chi connectivity index (χ3v) is 6.75. The number of hydrogen-bond donors (Lipinski definition) is 1. The average molecular weight is 455 g/mol. The molecule has 2 aromatic heterocycles. The molecule has 1 amide bonds. The zero-order chi connectivity index (χ0) is 20.4. The lowest BCUT2D eigenvalue weighted by Crippen LogP contribution is -2.15. The minimum absolute atomic E-state index is 0.167. The van der Waals surface area contributed by atoms with Gasteiger partial charge in [0.15, 0.2) is 11.0 Å². The van der Waals surface area contributed by atoms with Crippen LogP contribution in [0.25, 0.3) is 11.4 Å². The van der Waals surface area contributed by atoms with Gasteiger partial charge in [0.2, 0.25) is 5.91 Å². The van der Waals surface area contributed by atoms with Gasteiger partial charge in [-0.2, -0.15) is 0 Å². The summed E-state index contributed by atoms with van der Waals surface area (Å²) in [5, 5.41) is 15.3. The highest BCUT2D eigenvalue weighted by Crippen LogP contribution is 2.33. The van der Waals surface area contributed by atoms with E-state index in [0.29, 0.717) is 20.9 Å². The van der Waals surface area contributed by atoms with E-state index in [4.69, 9.17) is 23.2 Å². The van der Waals surface area contributed by atoms with E-state index in [9.17, 15) is 4.79 Å². The Balaban J connectivity index is 1.75. The van der Waals surface area contributed by atoms with Crippen LogP contribution in [0.3, 0.4) is 0 Å². The molecule has 0 spiro atoms. The number of aryl methyl sites for hydroxylation is 1. The Morgan fingerprint density at radius 3 is 2.64 bits per heavy atom. The minimum atomic E-state index is -0.170. The number of rotatable bonds is 6. The van der Waals surface area contributed by atoms with Crippen molar-refractivity contribution in [3.8, 4) is 11.4 Å². The zero-order valence-corrected chi connectivity index (χ0v) is 19.1. The zero-order valence-electron chi connectivity index (χ0n) is 15.9. The number of carbonyl (C=O) groups excluding carboxylic acids is 1. The van der Waals surface area contributed by atoms with E-state index in [2.05, 4.69) is 53.2 Å². The third kappa shape index (κ3) is 4.54. The van der Waals surface area contributed by atoms with Gasteiger partial charge in [-0.15, -0.1) is 21.5 Å². The van der Waals surface area contributed by atoms with Crippen molar-refractivity contribution >= 4 is 57.9 Å². The lowest BCUT2D eigenvalue weighted by molar-refractivity contribution is -0.113. The summed E-state index contributed by atoms with van der Waals surface area (Å²) in [5.41, 5.74) is 2.84. The van der Waals surface area contributed by atoms with Crippen molar-refractivity contribution in [3.05, 3.63) is 44.1 Å². The van der Waals surface area contributed by atoms with Gasteiger partial charge >= 0.3 is 0 Å². The number of anilines is 1. The molecule has 0 saturated carbocycles. The molecule has 5 nitrogen and oxygen atoms in total. The van der Waals surface area contributed by atoms with Crippen molar-refractivity contribution in [2.24, 2.45) is 0 Å². The van der Waals surface area contributed by atoms with E-state index in [1.165, 1.54) is 22.2 Å². The fourth-order valence-corrected chi connectivity index (χ4v) is 4.85. The maximum Gasteiger partial charge on any atom is 0.234 e. The Kier molecular flexibility index (Phi) is 6.70. The maximum absolute atomic E-state index is 12.4. The maximum atomic E-state index is 12.4. The number of benzene rings is 1. The molecule has 0 atom stereocenters. The molecule has 3 aromatic rings. The van der Waals surface area contributed by atoms with Gasteiger partial charge in [-0.1, -0.05) is 35.0 Å². The molecule has 0 aliphatic carbocycles. The molecule has 1 N–H and O–H groups in total. The molecule has 3 rings (SSSR count). The number of carbonyl (C=O) groups is 1. The van der Waals surface area contributed by atoms with Crippen LogP contribution in [0.2, 0.25) is 10.0 Å². The molecule has 28 heavy (non-hydrogen) atoms. The van der Waals surface area contributed by atoms with Gasteiger partial charge in [0.1, 0.15) is 0 Å². The Labute approximate surface area is 182 Å². The van der Waals surface area contributed by atoms with Crippen LogP contribution in [0, 0.1) is 13.8 Å². The SMILES string of the molecule is Cc1scc(-c2nnc(SCC(=O)Nc3ccc(Cl)cc3Cl)n2C(C)C)c1C. The largest absolute Gasteiger partial charge is 0.324 e. The normalized spacial score (nSPS) is 11.2. The van der Waals surface area contributed by atoms with Gasteiger partial charge in [-0.25, -0.2) is 0 Å². The highest BCUT2D eigenvalue weighted by Gasteiger charge is 2.20. The number of nitrogens with one attached hydrogen (secondary N) is 1. The number of aromatic nitrogens is 3. The summed E-state index contributed by atoms with van der Waals surface area (Å²) in [6.07, 6.45) is 0. The van der Waals surface area contributed by atoms with Crippen LogP contribution in [-0.4, -0.2) is 26.4 Å². The van der Waals surface area contributed by atoms with Crippen LogP contribution in [0.15, 0.2) is 28.7 Å². The molecule has 148 valence electrons. The standard InChI is InChI=1S/C19H20Cl2N4OS2/c1-10(2)25-18(14-8-27-12(4)11(14)3)23-24-19(25)28-9-17(26)22-16-6-5-13(20)7-15(16)21/h5-8,10H,9H2,1-4H3,(H,22,26). The summed E-state index contributed by atoms with van der Waals surface area (Å²) in [5.74, 6) is 0.864. The van der Waals surface area contributed by atoms with Crippen LogP contribution in [0.1, 0.15) is 30.3 Å². The highest BCUT2D eigenvalue weighted by molar-refractivity contribution is 7.99. The second-order valence-corrected chi connectivity index (χ2v) is 9.43. The molecule has 1 aromatic carbocycles. The van der Waals surface area contributed by atoms with Gasteiger partial charge in [0.05, 0.1) is 16.5 Å².